The molecule has 0 amide bonds. The molecule has 0 atom stereocenters. The lowest BCUT2D eigenvalue weighted by molar-refractivity contribution is 1.24. The summed E-state index contributed by atoms with van der Waals surface area (Å²) in [6.07, 6.45) is 3.34. The summed E-state index contributed by atoms with van der Waals surface area (Å²) >= 11 is 3.20. The second kappa shape index (κ2) is 7.23. The Kier molecular flexibility index (Phi) is 4.22. The number of anilines is 1. The van der Waals surface area contributed by atoms with Gasteiger partial charge in [-0.25, -0.2) is 19.9 Å². The first-order valence-electron chi connectivity index (χ1n) is 9.66. The van der Waals surface area contributed by atoms with E-state index in [1.54, 1.807) is 22.7 Å². The molecule has 2 N–H and O–H groups in total. The van der Waals surface area contributed by atoms with Gasteiger partial charge >= 0.3 is 0 Å². The highest BCUT2D eigenvalue weighted by atomic mass is 32.1. The lowest BCUT2D eigenvalue weighted by Crippen LogP contribution is -1.93. The van der Waals surface area contributed by atoms with Crippen LogP contribution in [-0.4, -0.2) is 19.9 Å². The van der Waals surface area contributed by atoms with Gasteiger partial charge in [-0.3, -0.25) is 0 Å². The summed E-state index contributed by atoms with van der Waals surface area (Å²) in [5.74, 6) is 0.496. The number of fused-ring (bicyclic) bond motifs is 2. The number of nitrogen functional groups attached to an aromatic ring is 1. The Morgan fingerprint density at radius 3 is 2.55 bits per heavy atom. The van der Waals surface area contributed by atoms with Crippen molar-refractivity contribution in [3.05, 3.63) is 77.9 Å². The predicted molar refractivity (Wildman–Crippen MR) is 129 cm³/mol. The Morgan fingerprint density at radius 1 is 0.806 bits per heavy atom. The molecule has 0 saturated heterocycles. The van der Waals surface area contributed by atoms with Crippen LogP contribution < -0.4 is 5.73 Å². The molecule has 4 heterocycles. The molecule has 0 aliphatic rings. The number of benzene rings is 2. The van der Waals surface area contributed by atoms with E-state index >= 15 is 0 Å². The zero-order chi connectivity index (χ0) is 20.8. The van der Waals surface area contributed by atoms with E-state index in [-0.39, 0.29) is 0 Å². The number of nitrogens with zero attached hydrogens (tertiary/aromatic N) is 4. The van der Waals surface area contributed by atoms with Crippen LogP contribution in [0.1, 0.15) is 0 Å². The molecular weight excluding hydrogens is 422 g/mol. The van der Waals surface area contributed by atoms with Gasteiger partial charge in [0.05, 0.1) is 16.6 Å². The van der Waals surface area contributed by atoms with Gasteiger partial charge in [0.1, 0.15) is 22.0 Å². The minimum atomic E-state index is 0.496. The van der Waals surface area contributed by atoms with Crippen LogP contribution in [0.5, 0.6) is 0 Å². The van der Waals surface area contributed by atoms with Crippen molar-refractivity contribution in [1.82, 2.24) is 19.9 Å². The van der Waals surface area contributed by atoms with E-state index in [4.69, 9.17) is 10.7 Å². The highest BCUT2D eigenvalue weighted by Gasteiger charge is 2.15. The number of pyridine rings is 1. The van der Waals surface area contributed by atoms with Crippen LogP contribution in [0.25, 0.3) is 54.1 Å². The van der Waals surface area contributed by atoms with Crippen LogP contribution in [0.15, 0.2) is 77.9 Å². The number of hydrogen-bond donors (Lipinski definition) is 1. The number of hydrogen-bond acceptors (Lipinski definition) is 7. The molecule has 0 bridgehead atoms. The Labute approximate surface area is 185 Å². The van der Waals surface area contributed by atoms with Crippen LogP contribution in [0.2, 0.25) is 0 Å². The molecule has 6 aromatic rings. The first kappa shape index (κ1) is 18.1. The first-order valence-corrected chi connectivity index (χ1v) is 11.4. The normalized spacial score (nSPS) is 11.4. The molecule has 0 unspecified atom stereocenters. The molecule has 7 heteroatoms. The van der Waals surface area contributed by atoms with Crippen LogP contribution in [0.4, 0.5) is 5.82 Å². The van der Waals surface area contributed by atoms with Crippen molar-refractivity contribution >= 4 is 49.6 Å². The molecule has 6 rings (SSSR count). The average molecular weight is 438 g/mol. The number of rotatable bonds is 3. The Balaban J connectivity index is 1.62. The third-order valence-electron chi connectivity index (χ3n) is 5.25. The van der Waals surface area contributed by atoms with Crippen molar-refractivity contribution in [2.45, 2.75) is 0 Å². The van der Waals surface area contributed by atoms with Gasteiger partial charge < -0.3 is 5.73 Å². The van der Waals surface area contributed by atoms with E-state index < -0.39 is 0 Å². The minimum absolute atomic E-state index is 0.496. The van der Waals surface area contributed by atoms with Crippen molar-refractivity contribution in [3.8, 4) is 33.0 Å². The molecule has 31 heavy (non-hydrogen) atoms. The Morgan fingerprint density at radius 2 is 1.71 bits per heavy atom. The molecule has 0 spiro atoms. The lowest BCUT2D eigenvalue weighted by atomic mass is 10.00. The summed E-state index contributed by atoms with van der Waals surface area (Å²) in [7, 11) is 0. The SMILES string of the molecule is Nc1ncnc2scc(-c3ccc4c(-c5nccs5)cc(-c5ccccc5)nc4c3)c12. The molecule has 0 fully saturated rings. The molecular formula is C24H15N5S2. The Hall–Kier alpha value is -3.68. The minimum Gasteiger partial charge on any atom is -0.383 e. The third-order valence-corrected chi connectivity index (χ3v) is 6.95. The Bertz CT molecular complexity index is 1540. The van der Waals surface area contributed by atoms with Gasteiger partial charge in [0.2, 0.25) is 0 Å². The van der Waals surface area contributed by atoms with E-state index in [0.717, 1.165) is 54.1 Å². The van der Waals surface area contributed by atoms with Crippen LogP contribution >= 0.6 is 22.7 Å². The number of aromatic nitrogens is 4. The lowest BCUT2D eigenvalue weighted by Gasteiger charge is -2.10. The van der Waals surface area contributed by atoms with E-state index in [0.29, 0.717) is 5.82 Å². The summed E-state index contributed by atoms with van der Waals surface area (Å²) in [5, 5.41) is 7.03. The summed E-state index contributed by atoms with van der Waals surface area (Å²) in [6, 6.07) is 18.7. The highest BCUT2D eigenvalue weighted by molar-refractivity contribution is 7.17. The van der Waals surface area contributed by atoms with Gasteiger partial charge in [0.25, 0.3) is 0 Å². The molecule has 0 saturated carbocycles. The van der Waals surface area contributed by atoms with E-state index in [1.807, 2.05) is 29.8 Å². The standard InChI is InChI=1S/C24H15N5S2/c25-22-21-18(12-31-24(21)28-13-27-22)15-6-7-16-17(23-26-8-9-30-23)11-19(29-20(16)10-15)14-4-2-1-3-5-14/h1-13H,(H2,25,27,28). The monoisotopic (exact) mass is 437 g/mol. The molecule has 2 aromatic carbocycles. The average Bonchev–Trinajstić information content (AvgIpc) is 3.49. The van der Waals surface area contributed by atoms with E-state index in [9.17, 15) is 0 Å². The molecule has 0 aliphatic carbocycles. The van der Waals surface area contributed by atoms with E-state index in [1.165, 1.54) is 6.33 Å². The largest absolute Gasteiger partial charge is 0.383 e. The molecule has 0 aliphatic heterocycles. The highest BCUT2D eigenvalue weighted by Crippen LogP contribution is 2.39. The number of thiophene rings is 1. The van der Waals surface area contributed by atoms with Gasteiger partial charge in [-0.05, 0) is 17.7 Å². The summed E-state index contributed by atoms with van der Waals surface area (Å²) < 4.78 is 0. The smallest absolute Gasteiger partial charge is 0.136 e. The summed E-state index contributed by atoms with van der Waals surface area (Å²) in [4.78, 5) is 19.0. The van der Waals surface area contributed by atoms with Gasteiger partial charge in [-0.15, -0.1) is 22.7 Å². The summed E-state index contributed by atoms with van der Waals surface area (Å²) in [5.41, 5.74) is 12.2. The van der Waals surface area contributed by atoms with Crippen molar-refractivity contribution in [1.29, 1.82) is 0 Å². The van der Waals surface area contributed by atoms with E-state index in [2.05, 4.69) is 56.7 Å². The maximum Gasteiger partial charge on any atom is 0.136 e. The fourth-order valence-corrected chi connectivity index (χ4v) is 5.39. The second-order valence-corrected chi connectivity index (χ2v) is 8.83. The fourth-order valence-electron chi connectivity index (χ4n) is 3.80. The molecule has 0 radical (unpaired) electrons. The third kappa shape index (κ3) is 3.06. The number of thiazole rings is 1. The van der Waals surface area contributed by atoms with Gasteiger partial charge in [0, 0.05) is 39.0 Å². The maximum atomic E-state index is 6.17. The zero-order valence-corrected chi connectivity index (χ0v) is 17.8. The first-order chi connectivity index (χ1) is 15.3. The maximum absolute atomic E-state index is 6.17. The van der Waals surface area contributed by atoms with Crippen molar-refractivity contribution in [2.75, 3.05) is 5.73 Å². The van der Waals surface area contributed by atoms with Crippen LogP contribution in [-0.2, 0) is 0 Å². The quantitative estimate of drug-likeness (QED) is 0.352. The topological polar surface area (TPSA) is 77.6 Å². The number of nitrogens with two attached hydrogens (primary N) is 1. The van der Waals surface area contributed by atoms with Crippen molar-refractivity contribution in [3.63, 3.8) is 0 Å². The van der Waals surface area contributed by atoms with Gasteiger partial charge in [-0.1, -0.05) is 42.5 Å². The van der Waals surface area contributed by atoms with Gasteiger partial charge in [-0.2, -0.15) is 0 Å². The predicted octanol–water partition coefficient (Wildman–Crippen LogP) is 6.28. The molecule has 4 aromatic heterocycles. The van der Waals surface area contributed by atoms with Crippen LogP contribution in [0.3, 0.4) is 0 Å². The van der Waals surface area contributed by atoms with Crippen molar-refractivity contribution < 1.29 is 0 Å². The summed E-state index contributed by atoms with van der Waals surface area (Å²) in [6.45, 7) is 0. The second-order valence-electron chi connectivity index (χ2n) is 7.08. The molecule has 5 nitrogen and oxygen atoms in total. The molecule has 148 valence electrons. The van der Waals surface area contributed by atoms with Crippen molar-refractivity contribution in [2.24, 2.45) is 0 Å². The fraction of sp³-hybridized carbons (Fsp3) is 0. The van der Waals surface area contributed by atoms with Crippen LogP contribution in [0, 0.1) is 0 Å². The zero-order valence-electron chi connectivity index (χ0n) is 16.2. The van der Waals surface area contributed by atoms with Gasteiger partial charge in [0.15, 0.2) is 0 Å².